The summed E-state index contributed by atoms with van der Waals surface area (Å²) in [7, 11) is -3.68. The van der Waals surface area contributed by atoms with Crippen molar-refractivity contribution in [2.24, 2.45) is 5.14 Å². The fourth-order valence-corrected chi connectivity index (χ4v) is 2.92. The lowest BCUT2D eigenvalue weighted by atomic mass is 10.1. The van der Waals surface area contributed by atoms with Gasteiger partial charge in [0, 0.05) is 6.54 Å². The molecule has 0 bridgehead atoms. The predicted octanol–water partition coefficient (Wildman–Crippen LogP) is 1.69. The van der Waals surface area contributed by atoms with Crippen LogP contribution in [0.1, 0.15) is 16.7 Å². The van der Waals surface area contributed by atoms with E-state index in [-0.39, 0.29) is 17.4 Å². The van der Waals surface area contributed by atoms with Gasteiger partial charge in [0.25, 0.3) is 5.91 Å². The Morgan fingerprint density at radius 1 is 1.08 bits per heavy atom. The van der Waals surface area contributed by atoms with Crippen LogP contribution in [0.5, 0.6) is 5.75 Å². The molecule has 0 atom stereocenters. The van der Waals surface area contributed by atoms with E-state index in [1.54, 1.807) is 12.1 Å². The molecule has 0 aliphatic carbocycles. The zero-order valence-corrected chi connectivity index (χ0v) is 15.1. The van der Waals surface area contributed by atoms with Crippen LogP contribution in [0.4, 0.5) is 0 Å². The quantitative estimate of drug-likeness (QED) is 0.783. The van der Waals surface area contributed by atoms with Crippen LogP contribution in [0, 0.1) is 13.8 Å². The van der Waals surface area contributed by atoms with Gasteiger partial charge in [-0.05, 0) is 49.1 Å². The van der Waals surface area contributed by atoms with Gasteiger partial charge < -0.3 is 10.1 Å². The monoisotopic (exact) mass is 362 g/mol. The molecule has 6 nitrogen and oxygen atoms in total. The molecule has 0 aliphatic heterocycles. The smallest absolute Gasteiger partial charge is 0.257 e. The lowest BCUT2D eigenvalue weighted by Crippen LogP contribution is -2.30. The maximum absolute atomic E-state index is 11.9. The van der Waals surface area contributed by atoms with E-state index in [9.17, 15) is 13.2 Å². The summed E-state index contributed by atoms with van der Waals surface area (Å²) >= 11 is 0. The maximum Gasteiger partial charge on any atom is 0.257 e. The number of amides is 1. The number of aryl methyl sites for hydroxylation is 2. The van der Waals surface area contributed by atoms with Gasteiger partial charge in [0.05, 0.1) is 4.90 Å². The summed E-state index contributed by atoms with van der Waals surface area (Å²) < 4.78 is 28.0. The van der Waals surface area contributed by atoms with Crippen molar-refractivity contribution in [3.63, 3.8) is 0 Å². The van der Waals surface area contributed by atoms with Crippen molar-refractivity contribution in [1.82, 2.24) is 5.32 Å². The maximum atomic E-state index is 11.9. The molecule has 0 fully saturated rings. The zero-order valence-electron chi connectivity index (χ0n) is 14.3. The van der Waals surface area contributed by atoms with Crippen LogP contribution in [0.3, 0.4) is 0 Å². The third-order valence-electron chi connectivity index (χ3n) is 3.74. The largest absolute Gasteiger partial charge is 0.483 e. The van der Waals surface area contributed by atoms with Crippen molar-refractivity contribution >= 4 is 15.9 Å². The van der Waals surface area contributed by atoms with Crippen molar-refractivity contribution in [2.45, 2.75) is 25.2 Å². The van der Waals surface area contributed by atoms with Gasteiger partial charge in [-0.25, -0.2) is 13.6 Å². The van der Waals surface area contributed by atoms with Gasteiger partial charge in [-0.2, -0.15) is 0 Å². The Hall–Kier alpha value is -2.38. The molecular weight excluding hydrogens is 340 g/mol. The number of benzene rings is 2. The first-order chi connectivity index (χ1) is 11.8. The summed E-state index contributed by atoms with van der Waals surface area (Å²) in [5, 5.41) is 7.83. The molecule has 0 saturated carbocycles. The summed E-state index contributed by atoms with van der Waals surface area (Å²) in [5.74, 6) is 0.528. The van der Waals surface area contributed by atoms with E-state index in [1.165, 1.54) is 12.1 Å². The van der Waals surface area contributed by atoms with E-state index >= 15 is 0 Å². The molecule has 2 aromatic rings. The Balaban J connectivity index is 1.79. The molecule has 0 unspecified atom stereocenters. The summed E-state index contributed by atoms with van der Waals surface area (Å²) in [6.45, 7) is 4.26. The van der Waals surface area contributed by atoms with Crippen molar-refractivity contribution in [2.75, 3.05) is 13.2 Å². The van der Waals surface area contributed by atoms with Gasteiger partial charge in [0.2, 0.25) is 10.0 Å². The van der Waals surface area contributed by atoms with Gasteiger partial charge in [0.1, 0.15) is 5.75 Å². The Morgan fingerprint density at radius 3 is 2.24 bits per heavy atom. The van der Waals surface area contributed by atoms with Crippen molar-refractivity contribution in [1.29, 1.82) is 0 Å². The Morgan fingerprint density at radius 2 is 1.68 bits per heavy atom. The number of rotatable bonds is 7. The minimum absolute atomic E-state index is 0.0456. The molecule has 7 heteroatoms. The van der Waals surface area contributed by atoms with E-state index < -0.39 is 10.0 Å². The highest BCUT2D eigenvalue weighted by molar-refractivity contribution is 7.89. The highest BCUT2D eigenvalue weighted by Gasteiger charge is 2.08. The number of primary sulfonamides is 1. The topological polar surface area (TPSA) is 98.5 Å². The van der Waals surface area contributed by atoms with Crippen LogP contribution in [0.15, 0.2) is 47.4 Å². The predicted molar refractivity (Wildman–Crippen MR) is 95.9 cm³/mol. The zero-order chi connectivity index (χ0) is 18.4. The average molecular weight is 362 g/mol. The third-order valence-corrected chi connectivity index (χ3v) is 4.67. The fraction of sp³-hybridized carbons (Fsp3) is 0.278. The summed E-state index contributed by atoms with van der Waals surface area (Å²) in [6.07, 6.45) is 0.583. The number of hydrogen-bond donors (Lipinski definition) is 2. The molecule has 3 N–H and O–H groups in total. The molecule has 2 rings (SSSR count). The highest BCUT2D eigenvalue weighted by Crippen LogP contribution is 2.21. The van der Waals surface area contributed by atoms with Gasteiger partial charge in [-0.1, -0.05) is 30.3 Å². The number of carbonyl (C=O) groups is 1. The second kappa shape index (κ2) is 8.13. The van der Waals surface area contributed by atoms with Gasteiger partial charge >= 0.3 is 0 Å². The molecule has 0 heterocycles. The Bertz CT molecular complexity index is 826. The third kappa shape index (κ3) is 5.58. The van der Waals surface area contributed by atoms with E-state index in [4.69, 9.17) is 9.88 Å². The number of nitrogens with two attached hydrogens (primary N) is 1. The van der Waals surface area contributed by atoms with Crippen LogP contribution in [0.2, 0.25) is 0 Å². The molecule has 0 saturated heterocycles. The molecule has 0 aliphatic rings. The number of sulfonamides is 1. The van der Waals surface area contributed by atoms with Crippen LogP contribution >= 0.6 is 0 Å². The molecule has 25 heavy (non-hydrogen) atoms. The second-order valence-corrected chi connectivity index (χ2v) is 7.36. The van der Waals surface area contributed by atoms with Crippen molar-refractivity contribution in [3.05, 3.63) is 59.2 Å². The Labute approximate surface area is 148 Å². The van der Waals surface area contributed by atoms with Crippen molar-refractivity contribution < 1.29 is 17.9 Å². The molecule has 134 valence electrons. The van der Waals surface area contributed by atoms with Crippen LogP contribution in [-0.4, -0.2) is 27.5 Å². The van der Waals surface area contributed by atoms with Gasteiger partial charge in [-0.3, -0.25) is 4.79 Å². The van der Waals surface area contributed by atoms with Crippen LogP contribution in [-0.2, 0) is 21.2 Å². The average Bonchev–Trinajstić information content (AvgIpc) is 2.54. The van der Waals surface area contributed by atoms with E-state index in [0.717, 1.165) is 22.4 Å². The fourth-order valence-electron chi connectivity index (χ4n) is 2.41. The van der Waals surface area contributed by atoms with E-state index in [2.05, 4.69) is 5.32 Å². The number of para-hydroxylation sites is 1. The molecular formula is C18H22N2O4S. The minimum Gasteiger partial charge on any atom is -0.483 e. The standard InChI is InChI=1S/C18H22N2O4S/c1-13-4-3-5-14(2)18(13)24-12-17(21)20-11-10-15-6-8-16(9-7-15)25(19,22)23/h3-9H,10-12H2,1-2H3,(H,20,21)(H2,19,22,23). The van der Waals surface area contributed by atoms with Gasteiger partial charge in [0.15, 0.2) is 6.61 Å². The molecule has 0 spiro atoms. The lowest BCUT2D eigenvalue weighted by molar-refractivity contribution is -0.123. The lowest BCUT2D eigenvalue weighted by Gasteiger charge is -2.12. The number of ether oxygens (including phenoxy) is 1. The van der Waals surface area contributed by atoms with Gasteiger partial charge in [-0.15, -0.1) is 0 Å². The Kier molecular flexibility index (Phi) is 6.17. The van der Waals surface area contributed by atoms with Crippen LogP contribution in [0.25, 0.3) is 0 Å². The number of carbonyl (C=O) groups excluding carboxylic acids is 1. The van der Waals surface area contributed by atoms with Crippen molar-refractivity contribution in [3.8, 4) is 5.75 Å². The first kappa shape index (κ1) is 19.0. The molecule has 0 radical (unpaired) electrons. The second-order valence-electron chi connectivity index (χ2n) is 5.80. The first-order valence-corrected chi connectivity index (χ1v) is 9.39. The normalized spacial score (nSPS) is 11.2. The number of hydrogen-bond acceptors (Lipinski definition) is 4. The van der Waals surface area contributed by atoms with E-state index in [1.807, 2.05) is 32.0 Å². The number of nitrogens with one attached hydrogen (secondary N) is 1. The highest BCUT2D eigenvalue weighted by atomic mass is 32.2. The van der Waals surface area contributed by atoms with E-state index in [0.29, 0.717) is 13.0 Å². The molecule has 2 aromatic carbocycles. The molecule has 1 amide bonds. The minimum atomic E-state index is -3.68. The summed E-state index contributed by atoms with van der Waals surface area (Å²) in [4.78, 5) is 12.0. The first-order valence-electron chi connectivity index (χ1n) is 7.85. The summed E-state index contributed by atoms with van der Waals surface area (Å²) in [5.41, 5.74) is 2.88. The van der Waals surface area contributed by atoms with Crippen LogP contribution < -0.4 is 15.2 Å². The SMILES string of the molecule is Cc1cccc(C)c1OCC(=O)NCCc1ccc(S(N)(=O)=O)cc1. The molecule has 0 aromatic heterocycles. The summed E-state index contributed by atoms with van der Waals surface area (Å²) in [6, 6.07) is 12.1.